The van der Waals surface area contributed by atoms with Gasteiger partial charge in [0.15, 0.2) is 0 Å². The first-order chi connectivity index (χ1) is 11.4. The van der Waals surface area contributed by atoms with Crippen molar-refractivity contribution < 1.29 is 4.79 Å². The van der Waals surface area contributed by atoms with Gasteiger partial charge in [-0.2, -0.15) is 0 Å². The Hall–Kier alpha value is -1.47. The molecule has 0 radical (unpaired) electrons. The first-order valence-corrected chi connectivity index (χ1v) is 9.07. The summed E-state index contributed by atoms with van der Waals surface area (Å²) < 4.78 is 1.91. The van der Waals surface area contributed by atoms with Gasteiger partial charge in [-0.25, -0.2) is 4.68 Å². The lowest BCUT2D eigenvalue weighted by atomic mass is 9.96. The summed E-state index contributed by atoms with van der Waals surface area (Å²) in [4.78, 5) is 17.1. The van der Waals surface area contributed by atoms with E-state index in [1.54, 1.807) is 0 Å². The van der Waals surface area contributed by atoms with Crippen molar-refractivity contribution in [2.45, 2.75) is 45.7 Å². The molecule has 134 valence electrons. The van der Waals surface area contributed by atoms with Crippen molar-refractivity contribution in [3.63, 3.8) is 0 Å². The highest BCUT2D eigenvalue weighted by molar-refractivity contribution is 5.79. The molecule has 1 N–H and O–H groups in total. The maximum atomic E-state index is 12.7. The molecule has 2 fully saturated rings. The maximum Gasteiger partial charge on any atom is 0.227 e. The van der Waals surface area contributed by atoms with E-state index in [4.69, 9.17) is 0 Å². The van der Waals surface area contributed by atoms with E-state index in [9.17, 15) is 4.79 Å². The number of carbonyl (C=O) groups is 1. The Labute approximate surface area is 144 Å². The Balaban J connectivity index is 1.57. The first kappa shape index (κ1) is 17.4. The van der Waals surface area contributed by atoms with Crippen LogP contribution in [0.1, 0.15) is 39.3 Å². The van der Waals surface area contributed by atoms with Gasteiger partial charge in [-0.15, -0.1) is 5.10 Å². The van der Waals surface area contributed by atoms with E-state index in [0.717, 1.165) is 64.3 Å². The van der Waals surface area contributed by atoms with Crippen LogP contribution in [0.5, 0.6) is 0 Å². The summed E-state index contributed by atoms with van der Waals surface area (Å²) in [7, 11) is 0. The van der Waals surface area contributed by atoms with E-state index >= 15 is 0 Å². The third kappa shape index (κ3) is 4.13. The fourth-order valence-corrected chi connectivity index (χ4v) is 3.47. The zero-order valence-corrected chi connectivity index (χ0v) is 15.2. The van der Waals surface area contributed by atoms with Crippen molar-refractivity contribution in [2.24, 2.45) is 5.92 Å². The molecule has 0 bridgehead atoms. The van der Waals surface area contributed by atoms with Crippen molar-refractivity contribution >= 4 is 5.91 Å². The number of aromatic nitrogens is 3. The third-order valence-electron chi connectivity index (χ3n) is 4.90. The number of nitrogens with zero attached hydrogens (tertiary/aromatic N) is 5. The van der Waals surface area contributed by atoms with Gasteiger partial charge in [0.2, 0.25) is 5.91 Å². The summed E-state index contributed by atoms with van der Waals surface area (Å²) in [5.74, 6) is 0.467. The Morgan fingerprint density at radius 1 is 1.29 bits per heavy atom. The zero-order chi connectivity index (χ0) is 17.2. The largest absolute Gasteiger partial charge is 0.340 e. The molecule has 0 spiro atoms. The van der Waals surface area contributed by atoms with Gasteiger partial charge >= 0.3 is 0 Å². The van der Waals surface area contributed by atoms with Crippen LogP contribution in [0, 0.1) is 5.92 Å². The normalized spacial score (nSPS) is 23.5. The molecule has 7 heteroatoms. The summed E-state index contributed by atoms with van der Waals surface area (Å²) in [6.45, 7) is 12.5. The lowest BCUT2D eigenvalue weighted by Gasteiger charge is -2.36. The molecule has 2 saturated heterocycles. The van der Waals surface area contributed by atoms with Gasteiger partial charge in [-0.1, -0.05) is 5.21 Å². The zero-order valence-electron chi connectivity index (χ0n) is 15.2. The number of piperidine rings is 1. The van der Waals surface area contributed by atoms with Crippen molar-refractivity contribution in [2.75, 3.05) is 39.3 Å². The van der Waals surface area contributed by atoms with Crippen LogP contribution < -0.4 is 5.32 Å². The van der Waals surface area contributed by atoms with E-state index in [2.05, 4.69) is 41.3 Å². The van der Waals surface area contributed by atoms with Crippen LogP contribution in [-0.2, 0) is 16.9 Å². The van der Waals surface area contributed by atoms with Crippen molar-refractivity contribution in [1.29, 1.82) is 0 Å². The van der Waals surface area contributed by atoms with Crippen LogP contribution in [0.3, 0.4) is 0 Å². The average molecular weight is 334 g/mol. The fourth-order valence-electron chi connectivity index (χ4n) is 3.47. The van der Waals surface area contributed by atoms with Crippen LogP contribution in [0.15, 0.2) is 6.20 Å². The number of piperazine rings is 1. The summed E-state index contributed by atoms with van der Waals surface area (Å²) in [6, 6.07) is 0. The van der Waals surface area contributed by atoms with E-state index in [1.807, 2.05) is 15.8 Å². The molecule has 2 aliphatic rings. The number of likely N-dealkylation sites (tertiary alicyclic amines) is 1. The lowest BCUT2D eigenvalue weighted by molar-refractivity contribution is -0.138. The van der Waals surface area contributed by atoms with E-state index in [1.165, 1.54) is 0 Å². The molecule has 2 aliphatic heterocycles. The first-order valence-electron chi connectivity index (χ1n) is 9.07. The lowest BCUT2D eigenvalue weighted by Crippen LogP contribution is -2.51. The van der Waals surface area contributed by atoms with Gasteiger partial charge in [-0.3, -0.25) is 9.69 Å². The molecular weight excluding hydrogens is 304 g/mol. The molecular formula is C17H30N6O. The summed E-state index contributed by atoms with van der Waals surface area (Å²) >= 11 is 0. The Kier molecular flexibility index (Phi) is 5.20. The molecule has 24 heavy (non-hydrogen) atoms. The predicted octanol–water partition coefficient (Wildman–Crippen LogP) is 0.677. The standard InChI is InChI=1S/C17H30N6O/c1-17(2,3)23-13-15(19-20-23)12-21-8-4-5-14(11-21)16(24)22-9-6-18-7-10-22/h13-14,18H,4-12H2,1-3H3. The molecule has 0 aliphatic carbocycles. The summed E-state index contributed by atoms with van der Waals surface area (Å²) in [6.07, 6.45) is 4.12. The minimum Gasteiger partial charge on any atom is -0.340 e. The smallest absolute Gasteiger partial charge is 0.227 e. The van der Waals surface area contributed by atoms with Crippen LogP contribution in [0.2, 0.25) is 0 Å². The molecule has 1 atom stereocenters. The van der Waals surface area contributed by atoms with Crippen LogP contribution in [-0.4, -0.2) is 70.0 Å². The number of hydrogen-bond donors (Lipinski definition) is 1. The molecule has 1 amide bonds. The van der Waals surface area contributed by atoms with Gasteiger partial charge in [0, 0.05) is 39.3 Å². The van der Waals surface area contributed by atoms with Crippen LogP contribution >= 0.6 is 0 Å². The molecule has 3 heterocycles. The quantitative estimate of drug-likeness (QED) is 0.880. The Bertz CT molecular complexity index is 558. The second-order valence-corrected chi connectivity index (χ2v) is 7.97. The molecule has 1 unspecified atom stereocenters. The monoisotopic (exact) mass is 334 g/mol. The molecule has 1 aromatic rings. The third-order valence-corrected chi connectivity index (χ3v) is 4.90. The molecule has 1 aromatic heterocycles. The SMILES string of the molecule is CC(C)(C)n1cc(CN2CCCC(C(=O)N3CCNCC3)C2)nn1. The Morgan fingerprint density at radius 3 is 2.71 bits per heavy atom. The summed E-state index contributed by atoms with van der Waals surface area (Å²) in [5, 5.41) is 11.8. The van der Waals surface area contributed by atoms with Crippen molar-refractivity contribution in [3.8, 4) is 0 Å². The maximum absolute atomic E-state index is 12.7. The summed E-state index contributed by atoms with van der Waals surface area (Å²) in [5.41, 5.74) is 0.939. The van der Waals surface area contributed by atoms with E-state index in [0.29, 0.717) is 5.91 Å². The van der Waals surface area contributed by atoms with Crippen LogP contribution in [0.25, 0.3) is 0 Å². The average Bonchev–Trinajstić information content (AvgIpc) is 3.04. The number of amides is 1. The van der Waals surface area contributed by atoms with Crippen LogP contribution in [0.4, 0.5) is 0 Å². The number of hydrogen-bond acceptors (Lipinski definition) is 5. The van der Waals surface area contributed by atoms with Gasteiger partial charge in [0.1, 0.15) is 0 Å². The Morgan fingerprint density at radius 2 is 2.04 bits per heavy atom. The van der Waals surface area contributed by atoms with Gasteiger partial charge < -0.3 is 10.2 Å². The number of carbonyl (C=O) groups excluding carboxylic acids is 1. The highest BCUT2D eigenvalue weighted by Gasteiger charge is 2.30. The van der Waals surface area contributed by atoms with E-state index < -0.39 is 0 Å². The second kappa shape index (κ2) is 7.19. The highest BCUT2D eigenvalue weighted by atomic mass is 16.2. The number of rotatable bonds is 3. The second-order valence-electron chi connectivity index (χ2n) is 7.97. The van der Waals surface area contributed by atoms with Gasteiger partial charge in [0.25, 0.3) is 0 Å². The van der Waals surface area contributed by atoms with Crippen molar-refractivity contribution in [1.82, 2.24) is 30.1 Å². The predicted molar refractivity (Wildman–Crippen MR) is 92.5 cm³/mol. The molecule has 7 nitrogen and oxygen atoms in total. The minimum atomic E-state index is -0.0477. The molecule has 0 saturated carbocycles. The van der Waals surface area contributed by atoms with Gasteiger partial charge in [-0.05, 0) is 40.2 Å². The van der Waals surface area contributed by atoms with E-state index in [-0.39, 0.29) is 11.5 Å². The van der Waals surface area contributed by atoms with Gasteiger partial charge in [0.05, 0.1) is 23.3 Å². The topological polar surface area (TPSA) is 66.3 Å². The fraction of sp³-hybridized carbons (Fsp3) is 0.824. The number of nitrogens with one attached hydrogen (secondary N) is 1. The van der Waals surface area contributed by atoms with Crippen molar-refractivity contribution in [3.05, 3.63) is 11.9 Å². The highest BCUT2D eigenvalue weighted by Crippen LogP contribution is 2.21. The minimum absolute atomic E-state index is 0.0477. The molecule has 0 aromatic carbocycles. The molecule has 3 rings (SSSR count).